The number of carbonyl (C=O) groups is 1. The monoisotopic (exact) mass is 446 g/mol. The quantitative estimate of drug-likeness (QED) is 0.352. The van der Waals surface area contributed by atoms with Gasteiger partial charge in [-0.05, 0) is 55.3 Å². The van der Waals surface area contributed by atoms with Crippen molar-refractivity contribution in [1.29, 1.82) is 5.26 Å². The molecule has 3 aromatic rings. The highest BCUT2D eigenvalue weighted by Crippen LogP contribution is 2.28. The van der Waals surface area contributed by atoms with E-state index < -0.39 is 5.91 Å². The summed E-state index contributed by atoms with van der Waals surface area (Å²) in [6.07, 6.45) is 1.50. The van der Waals surface area contributed by atoms with Gasteiger partial charge in [-0.15, -0.1) is 0 Å². The molecular weight excluding hydrogens is 424 g/mol. The molecule has 0 atom stereocenters. The number of aryl methyl sites for hydroxylation is 1. The zero-order valence-corrected chi connectivity index (χ0v) is 18.9. The molecule has 1 amide bonds. The van der Waals surface area contributed by atoms with Crippen LogP contribution in [0.1, 0.15) is 22.3 Å². The molecule has 6 heteroatoms. The molecule has 0 unspecified atom stereocenters. The lowest BCUT2D eigenvalue weighted by Crippen LogP contribution is -2.14. The van der Waals surface area contributed by atoms with Crippen LogP contribution in [0.5, 0.6) is 11.5 Å². The number of nitriles is 1. The number of nitrogens with zero attached hydrogens (tertiary/aromatic N) is 1. The standard InChI is InChI=1S/C26H23ClN2O3/c1-17-7-9-19(10-8-17)16-32-25-14-22(31-3)12-11-20(25)13-21(15-28)26(30)29-24-6-4-5-23(27)18(24)2/h4-14H,16H2,1-3H3,(H,29,30)/b21-13+. The number of hydrogen-bond donors (Lipinski definition) is 1. The topological polar surface area (TPSA) is 71.3 Å². The Morgan fingerprint density at radius 1 is 1.12 bits per heavy atom. The van der Waals surface area contributed by atoms with Gasteiger partial charge in [0.15, 0.2) is 0 Å². The highest BCUT2D eigenvalue weighted by molar-refractivity contribution is 6.31. The SMILES string of the molecule is COc1ccc(/C=C(\C#N)C(=O)Nc2cccc(Cl)c2C)c(OCc2ccc(C)cc2)c1. The number of anilines is 1. The average Bonchev–Trinajstić information content (AvgIpc) is 2.80. The predicted molar refractivity (Wildman–Crippen MR) is 127 cm³/mol. The largest absolute Gasteiger partial charge is 0.497 e. The molecule has 0 saturated heterocycles. The van der Waals surface area contributed by atoms with Crippen LogP contribution in [0.4, 0.5) is 5.69 Å². The van der Waals surface area contributed by atoms with Crippen LogP contribution in [0, 0.1) is 25.2 Å². The minimum Gasteiger partial charge on any atom is -0.497 e. The zero-order chi connectivity index (χ0) is 23.1. The number of methoxy groups -OCH3 is 1. The lowest BCUT2D eigenvalue weighted by Gasteiger charge is -2.12. The van der Waals surface area contributed by atoms with Crippen LogP contribution in [-0.2, 0) is 11.4 Å². The van der Waals surface area contributed by atoms with Gasteiger partial charge in [-0.2, -0.15) is 5.26 Å². The number of amides is 1. The van der Waals surface area contributed by atoms with E-state index in [9.17, 15) is 10.1 Å². The molecule has 3 aromatic carbocycles. The normalized spacial score (nSPS) is 10.9. The van der Waals surface area contributed by atoms with Gasteiger partial charge < -0.3 is 14.8 Å². The second-order valence-electron chi connectivity index (χ2n) is 7.21. The second kappa shape index (κ2) is 10.5. The van der Waals surface area contributed by atoms with Crippen molar-refractivity contribution in [3.63, 3.8) is 0 Å². The summed E-state index contributed by atoms with van der Waals surface area (Å²) < 4.78 is 11.3. The minimum absolute atomic E-state index is 0.0604. The first-order valence-electron chi connectivity index (χ1n) is 9.96. The molecule has 0 aliphatic carbocycles. The van der Waals surface area contributed by atoms with Crippen LogP contribution in [0.3, 0.4) is 0 Å². The smallest absolute Gasteiger partial charge is 0.266 e. The second-order valence-corrected chi connectivity index (χ2v) is 7.62. The first kappa shape index (κ1) is 22.9. The number of rotatable bonds is 7. The Bertz CT molecular complexity index is 1190. The highest BCUT2D eigenvalue weighted by atomic mass is 35.5. The van der Waals surface area contributed by atoms with Crippen molar-refractivity contribution in [2.75, 3.05) is 12.4 Å². The van der Waals surface area contributed by atoms with E-state index in [1.807, 2.05) is 37.3 Å². The Hall–Kier alpha value is -3.75. The maximum atomic E-state index is 12.7. The molecule has 0 aliphatic heterocycles. The van der Waals surface area contributed by atoms with Crippen LogP contribution in [0.15, 0.2) is 66.2 Å². The molecule has 0 radical (unpaired) electrons. The van der Waals surface area contributed by atoms with Crippen LogP contribution in [0.2, 0.25) is 5.02 Å². The van der Waals surface area contributed by atoms with Gasteiger partial charge in [-0.25, -0.2) is 0 Å². The highest BCUT2D eigenvalue weighted by Gasteiger charge is 2.14. The van der Waals surface area contributed by atoms with Crippen LogP contribution in [-0.4, -0.2) is 13.0 Å². The Labute approximate surface area is 192 Å². The Kier molecular flexibility index (Phi) is 7.54. The van der Waals surface area contributed by atoms with Gasteiger partial charge in [0.05, 0.1) is 7.11 Å². The van der Waals surface area contributed by atoms with Gasteiger partial charge in [0, 0.05) is 22.3 Å². The molecule has 0 spiro atoms. The Morgan fingerprint density at radius 2 is 1.88 bits per heavy atom. The average molecular weight is 447 g/mol. The minimum atomic E-state index is -0.529. The van der Waals surface area contributed by atoms with Crippen LogP contribution in [0.25, 0.3) is 6.08 Å². The van der Waals surface area contributed by atoms with Crippen molar-refractivity contribution in [2.24, 2.45) is 0 Å². The summed E-state index contributed by atoms with van der Waals surface area (Å²) in [7, 11) is 1.57. The molecule has 0 fully saturated rings. The summed E-state index contributed by atoms with van der Waals surface area (Å²) >= 11 is 6.12. The van der Waals surface area contributed by atoms with E-state index >= 15 is 0 Å². The Balaban J connectivity index is 1.87. The third kappa shape index (κ3) is 5.69. The maximum Gasteiger partial charge on any atom is 0.266 e. The molecule has 0 aromatic heterocycles. The number of hydrogen-bond acceptors (Lipinski definition) is 4. The van der Waals surface area contributed by atoms with Gasteiger partial charge in [0.2, 0.25) is 0 Å². The summed E-state index contributed by atoms with van der Waals surface area (Å²) in [5.74, 6) is 0.584. The number of ether oxygens (including phenoxy) is 2. The van der Waals surface area contributed by atoms with Crippen molar-refractivity contribution in [3.8, 4) is 17.6 Å². The van der Waals surface area contributed by atoms with E-state index in [0.29, 0.717) is 34.4 Å². The first-order valence-corrected chi connectivity index (χ1v) is 10.3. The fraction of sp³-hybridized carbons (Fsp3) is 0.154. The molecule has 0 bridgehead atoms. The van der Waals surface area contributed by atoms with Gasteiger partial charge in [0.1, 0.15) is 29.7 Å². The fourth-order valence-corrected chi connectivity index (χ4v) is 3.14. The molecule has 162 valence electrons. The number of nitrogens with one attached hydrogen (secondary N) is 1. The van der Waals surface area contributed by atoms with Crippen molar-refractivity contribution >= 4 is 29.3 Å². The molecule has 1 N–H and O–H groups in total. The van der Waals surface area contributed by atoms with Crippen molar-refractivity contribution < 1.29 is 14.3 Å². The van der Waals surface area contributed by atoms with E-state index in [0.717, 1.165) is 11.1 Å². The first-order chi connectivity index (χ1) is 15.4. The van der Waals surface area contributed by atoms with Gasteiger partial charge in [0.25, 0.3) is 5.91 Å². The number of benzene rings is 3. The third-order valence-corrected chi connectivity index (χ3v) is 5.33. The van der Waals surface area contributed by atoms with Crippen molar-refractivity contribution in [2.45, 2.75) is 20.5 Å². The molecule has 0 aliphatic rings. The van der Waals surface area contributed by atoms with Gasteiger partial charge in [-0.3, -0.25) is 4.79 Å². The molecular formula is C26H23ClN2O3. The molecule has 5 nitrogen and oxygen atoms in total. The van der Waals surface area contributed by atoms with E-state index in [1.54, 1.807) is 50.4 Å². The zero-order valence-electron chi connectivity index (χ0n) is 18.1. The maximum absolute atomic E-state index is 12.7. The van der Waals surface area contributed by atoms with Gasteiger partial charge in [-0.1, -0.05) is 47.5 Å². The summed E-state index contributed by atoms with van der Waals surface area (Å²) in [6.45, 7) is 4.16. The van der Waals surface area contributed by atoms with Crippen molar-refractivity contribution in [1.82, 2.24) is 0 Å². The number of carbonyl (C=O) groups excluding carboxylic acids is 1. The van der Waals surface area contributed by atoms with Crippen LogP contribution >= 0.6 is 11.6 Å². The summed E-state index contributed by atoms with van der Waals surface area (Å²) in [5, 5.41) is 12.9. The van der Waals surface area contributed by atoms with Gasteiger partial charge >= 0.3 is 0 Å². The number of halogens is 1. The Morgan fingerprint density at radius 3 is 2.56 bits per heavy atom. The summed E-state index contributed by atoms with van der Waals surface area (Å²) in [4.78, 5) is 12.7. The summed E-state index contributed by atoms with van der Waals surface area (Å²) in [5.41, 5.74) is 3.98. The lowest BCUT2D eigenvalue weighted by atomic mass is 10.1. The molecule has 0 heterocycles. The van der Waals surface area contributed by atoms with E-state index in [4.69, 9.17) is 21.1 Å². The van der Waals surface area contributed by atoms with E-state index in [2.05, 4.69) is 5.32 Å². The third-order valence-electron chi connectivity index (χ3n) is 4.92. The molecule has 32 heavy (non-hydrogen) atoms. The lowest BCUT2D eigenvalue weighted by molar-refractivity contribution is -0.112. The van der Waals surface area contributed by atoms with Crippen molar-refractivity contribution in [3.05, 3.63) is 93.5 Å². The molecule has 0 saturated carbocycles. The predicted octanol–water partition coefficient (Wildman–Crippen LogP) is 6.09. The summed E-state index contributed by atoms with van der Waals surface area (Å²) in [6, 6.07) is 20.4. The van der Waals surface area contributed by atoms with E-state index in [-0.39, 0.29) is 5.57 Å². The van der Waals surface area contributed by atoms with E-state index in [1.165, 1.54) is 11.6 Å². The fourth-order valence-electron chi connectivity index (χ4n) is 2.97. The van der Waals surface area contributed by atoms with Crippen LogP contribution < -0.4 is 14.8 Å². The molecule has 3 rings (SSSR count).